The standard InChI is InChI=1S/C17H26N2O2/c1-3-15-6-4-7-16(12-15)13-19-17(21)8-5-10-18(19)11-9-14(2)20/h4,6-7,12,14,20H,3,5,8-11,13H2,1-2H3. The van der Waals surface area contributed by atoms with E-state index in [4.69, 9.17) is 0 Å². The van der Waals surface area contributed by atoms with Crippen LogP contribution in [0.2, 0.25) is 0 Å². The molecule has 4 nitrogen and oxygen atoms in total. The Bertz CT molecular complexity index is 474. The number of benzene rings is 1. The van der Waals surface area contributed by atoms with Crippen molar-refractivity contribution >= 4 is 5.91 Å². The molecule has 0 aromatic heterocycles. The predicted molar refractivity (Wildman–Crippen MR) is 83.5 cm³/mol. The maximum atomic E-state index is 12.2. The summed E-state index contributed by atoms with van der Waals surface area (Å²) in [6, 6.07) is 8.43. The zero-order valence-electron chi connectivity index (χ0n) is 13.1. The number of hydrazine groups is 1. The number of hydrogen-bond donors (Lipinski definition) is 1. The fourth-order valence-corrected chi connectivity index (χ4v) is 2.70. The minimum Gasteiger partial charge on any atom is -0.393 e. The normalized spacial score (nSPS) is 18.0. The van der Waals surface area contributed by atoms with Gasteiger partial charge in [0.2, 0.25) is 5.91 Å². The first kappa shape index (κ1) is 16.0. The lowest BCUT2D eigenvalue weighted by Crippen LogP contribution is -2.50. The first-order chi connectivity index (χ1) is 10.1. The van der Waals surface area contributed by atoms with Crippen LogP contribution in [0.3, 0.4) is 0 Å². The highest BCUT2D eigenvalue weighted by molar-refractivity contribution is 5.76. The smallest absolute Gasteiger partial charge is 0.237 e. The molecule has 1 saturated heterocycles. The Balaban J connectivity index is 2.06. The third-order valence-electron chi connectivity index (χ3n) is 3.97. The van der Waals surface area contributed by atoms with Crippen molar-refractivity contribution in [1.29, 1.82) is 0 Å². The summed E-state index contributed by atoms with van der Waals surface area (Å²) >= 11 is 0. The van der Waals surface area contributed by atoms with Crippen LogP contribution in [0.15, 0.2) is 24.3 Å². The van der Waals surface area contributed by atoms with Crippen molar-refractivity contribution in [2.75, 3.05) is 13.1 Å². The largest absolute Gasteiger partial charge is 0.393 e. The summed E-state index contributed by atoms with van der Waals surface area (Å²) in [5.74, 6) is 0.189. The van der Waals surface area contributed by atoms with Gasteiger partial charge in [-0.1, -0.05) is 31.2 Å². The Morgan fingerprint density at radius 3 is 2.81 bits per heavy atom. The molecule has 0 bridgehead atoms. The Kier molecular flexibility index (Phi) is 5.76. The fraction of sp³-hybridized carbons (Fsp3) is 0.588. The van der Waals surface area contributed by atoms with Crippen molar-refractivity contribution < 1.29 is 9.90 Å². The summed E-state index contributed by atoms with van der Waals surface area (Å²) < 4.78 is 0. The molecule has 0 saturated carbocycles. The molecule has 1 unspecified atom stereocenters. The van der Waals surface area contributed by atoms with E-state index >= 15 is 0 Å². The predicted octanol–water partition coefficient (Wildman–Crippen LogP) is 2.36. The summed E-state index contributed by atoms with van der Waals surface area (Å²) in [4.78, 5) is 12.2. The van der Waals surface area contributed by atoms with Gasteiger partial charge in [0.1, 0.15) is 0 Å². The molecule has 21 heavy (non-hydrogen) atoms. The van der Waals surface area contributed by atoms with Gasteiger partial charge in [0, 0.05) is 19.5 Å². The molecule has 1 heterocycles. The van der Waals surface area contributed by atoms with E-state index < -0.39 is 0 Å². The number of amides is 1. The Morgan fingerprint density at radius 2 is 2.10 bits per heavy atom. The molecule has 116 valence electrons. The number of nitrogens with zero attached hydrogens (tertiary/aromatic N) is 2. The van der Waals surface area contributed by atoms with Gasteiger partial charge in [0.05, 0.1) is 12.6 Å². The molecular formula is C17H26N2O2. The Labute approximate surface area is 127 Å². The molecule has 2 rings (SSSR count). The van der Waals surface area contributed by atoms with E-state index in [-0.39, 0.29) is 12.0 Å². The number of aryl methyl sites for hydroxylation is 1. The second-order valence-electron chi connectivity index (χ2n) is 5.82. The van der Waals surface area contributed by atoms with Crippen LogP contribution in [0.4, 0.5) is 0 Å². The molecular weight excluding hydrogens is 264 g/mol. The maximum absolute atomic E-state index is 12.2. The molecule has 1 aliphatic heterocycles. The van der Waals surface area contributed by atoms with Crippen LogP contribution in [-0.4, -0.2) is 40.2 Å². The van der Waals surface area contributed by atoms with Gasteiger partial charge in [0.25, 0.3) is 0 Å². The number of carbonyl (C=O) groups excluding carboxylic acids is 1. The lowest BCUT2D eigenvalue weighted by Gasteiger charge is -2.39. The number of hydrogen-bond acceptors (Lipinski definition) is 3. The molecule has 1 aliphatic rings. The molecule has 1 aromatic rings. The van der Waals surface area contributed by atoms with Crippen molar-refractivity contribution in [2.24, 2.45) is 0 Å². The molecule has 1 amide bonds. The second-order valence-corrected chi connectivity index (χ2v) is 5.82. The van der Waals surface area contributed by atoms with Gasteiger partial charge < -0.3 is 5.11 Å². The second kappa shape index (κ2) is 7.57. The lowest BCUT2D eigenvalue weighted by atomic mass is 10.1. The fourth-order valence-electron chi connectivity index (χ4n) is 2.70. The highest BCUT2D eigenvalue weighted by Crippen LogP contribution is 2.18. The van der Waals surface area contributed by atoms with Gasteiger partial charge in [-0.2, -0.15) is 0 Å². The van der Waals surface area contributed by atoms with Crippen LogP contribution in [0, 0.1) is 0 Å². The molecule has 0 radical (unpaired) electrons. The number of carbonyl (C=O) groups is 1. The van der Waals surface area contributed by atoms with Crippen LogP contribution in [0.5, 0.6) is 0 Å². The van der Waals surface area contributed by atoms with E-state index in [2.05, 4.69) is 36.2 Å². The minimum absolute atomic E-state index is 0.189. The van der Waals surface area contributed by atoms with Gasteiger partial charge in [-0.25, -0.2) is 5.01 Å². The van der Waals surface area contributed by atoms with Crippen molar-refractivity contribution in [3.8, 4) is 0 Å². The zero-order chi connectivity index (χ0) is 15.2. The van der Waals surface area contributed by atoms with Crippen molar-refractivity contribution in [1.82, 2.24) is 10.0 Å². The van der Waals surface area contributed by atoms with Crippen molar-refractivity contribution in [3.63, 3.8) is 0 Å². The van der Waals surface area contributed by atoms with E-state index in [9.17, 15) is 9.90 Å². The monoisotopic (exact) mass is 290 g/mol. The van der Waals surface area contributed by atoms with Gasteiger partial charge in [-0.3, -0.25) is 9.80 Å². The van der Waals surface area contributed by atoms with E-state index in [0.29, 0.717) is 19.4 Å². The summed E-state index contributed by atoms with van der Waals surface area (Å²) in [6.45, 7) is 6.19. The average molecular weight is 290 g/mol. The molecule has 4 heteroatoms. The molecule has 1 fully saturated rings. The van der Waals surface area contributed by atoms with Crippen LogP contribution < -0.4 is 0 Å². The van der Waals surface area contributed by atoms with Crippen LogP contribution in [0.1, 0.15) is 44.2 Å². The molecule has 0 spiro atoms. The third-order valence-corrected chi connectivity index (χ3v) is 3.97. The quantitative estimate of drug-likeness (QED) is 0.874. The first-order valence-corrected chi connectivity index (χ1v) is 7.91. The third kappa shape index (κ3) is 4.55. The van der Waals surface area contributed by atoms with Crippen LogP contribution >= 0.6 is 0 Å². The summed E-state index contributed by atoms with van der Waals surface area (Å²) in [5, 5.41) is 13.4. The van der Waals surface area contributed by atoms with E-state index in [0.717, 1.165) is 25.9 Å². The summed E-state index contributed by atoms with van der Waals surface area (Å²) in [5.41, 5.74) is 2.47. The molecule has 1 N–H and O–H groups in total. The molecule has 1 atom stereocenters. The first-order valence-electron chi connectivity index (χ1n) is 7.91. The van der Waals surface area contributed by atoms with E-state index in [1.807, 2.05) is 5.01 Å². The van der Waals surface area contributed by atoms with E-state index in [1.54, 1.807) is 6.92 Å². The van der Waals surface area contributed by atoms with Gasteiger partial charge in [-0.15, -0.1) is 0 Å². The summed E-state index contributed by atoms with van der Waals surface area (Å²) in [6.07, 6.45) is 2.90. The van der Waals surface area contributed by atoms with Crippen LogP contribution in [0.25, 0.3) is 0 Å². The zero-order valence-corrected chi connectivity index (χ0v) is 13.1. The number of aliphatic hydroxyl groups excluding tert-OH is 1. The minimum atomic E-state index is -0.327. The van der Waals surface area contributed by atoms with Crippen LogP contribution in [-0.2, 0) is 17.8 Å². The molecule has 1 aromatic carbocycles. The molecule has 0 aliphatic carbocycles. The van der Waals surface area contributed by atoms with Crippen molar-refractivity contribution in [2.45, 2.75) is 52.2 Å². The topological polar surface area (TPSA) is 43.8 Å². The van der Waals surface area contributed by atoms with Crippen molar-refractivity contribution in [3.05, 3.63) is 35.4 Å². The SMILES string of the molecule is CCc1cccc(CN2C(=O)CCCN2CCC(C)O)c1. The number of aliphatic hydroxyl groups is 1. The Morgan fingerprint density at radius 1 is 1.33 bits per heavy atom. The van der Waals surface area contributed by atoms with Gasteiger partial charge >= 0.3 is 0 Å². The highest BCUT2D eigenvalue weighted by Gasteiger charge is 2.26. The summed E-state index contributed by atoms with van der Waals surface area (Å²) in [7, 11) is 0. The van der Waals surface area contributed by atoms with Gasteiger partial charge in [0.15, 0.2) is 0 Å². The maximum Gasteiger partial charge on any atom is 0.237 e. The van der Waals surface area contributed by atoms with Gasteiger partial charge in [-0.05, 0) is 37.3 Å². The highest BCUT2D eigenvalue weighted by atomic mass is 16.3. The Hall–Kier alpha value is -1.39. The van der Waals surface area contributed by atoms with E-state index in [1.165, 1.54) is 11.1 Å². The number of rotatable bonds is 6. The lowest BCUT2D eigenvalue weighted by molar-refractivity contribution is -0.158. The average Bonchev–Trinajstić information content (AvgIpc) is 2.48.